The molecule has 0 saturated carbocycles. The van der Waals surface area contributed by atoms with Gasteiger partial charge < -0.3 is 14.2 Å². The molecule has 1 unspecified atom stereocenters. The zero-order chi connectivity index (χ0) is 8.72. The van der Waals surface area contributed by atoms with Crippen LogP contribution in [0.5, 0.6) is 0 Å². The highest BCUT2D eigenvalue weighted by atomic mass is 127. The quantitative estimate of drug-likeness (QED) is 0.507. The number of fused-ring (bicyclic) bond motifs is 2. The van der Waals surface area contributed by atoms with Gasteiger partial charge in [0.15, 0.2) is 0 Å². The van der Waals surface area contributed by atoms with Crippen molar-refractivity contribution in [3.8, 4) is 0 Å². The van der Waals surface area contributed by atoms with Crippen LogP contribution >= 0.6 is 22.6 Å². The number of ketones is 1. The van der Waals surface area contributed by atoms with Gasteiger partial charge in [-0.05, 0) is 0 Å². The zero-order valence-corrected chi connectivity index (χ0v) is 8.68. The van der Waals surface area contributed by atoms with Crippen LogP contribution in [0.4, 0.5) is 0 Å². The second-order valence-corrected chi connectivity index (χ2v) is 4.19. The Kier molecular flexibility index (Phi) is 2.37. The standard InChI is InChI=1S/C7H9IO4/c1-10-6-3-2-11-7(12-3)5(9)4(6)8/h3-4,6-7H,2H2,1H3/t3?,4-,6+,7+/m0/s1. The first-order chi connectivity index (χ1) is 5.74. The third-order valence-corrected chi connectivity index (χ3v) is 3.46. The molecule has 2 aliphatic rings. The van der Waals surface area contributed by atoms with E-state index in [1.54, 1.807) is 7.11 Å². The van der Waals surface area contributed by atoms with Crippen molar-refractivity contribution in [3.05, 3.63) is 0 Å². The minimum Gasteiger partial charge on any atom is -0.377 e. The van der Waals surface area contributed by atoms with Crippen molar-refractivity contribution in [2.24, 2.45) is 0 Å². The third kappa shape index (κ3) is 1.19. The first kappa shape index (κ1) is 8.86. The van der Waals surface area contributed by atoms with Crippen LogP contribution in [0, 0.1) is 0 Å². The first-order valence-electron chi connectivity index (χ1n) is 3.71. The van der Waals surface area contributed by atoms with Crippen molar-refractivity contribution >= 4 is 28.4 Å². The predicted octanol–water partition coefficient (Wildman–Crippen LogP) is 0.129. The van der Waals surface area contributed by atoms with E-state index in [0.29, 0.717) is 6.61 Å². The van der Waals surface area contributed by atoms with E-state index in [4.69, 9.17) is 14.2 Å². The van der Waals surface area contributed by atoms with E-state index in [1.807, 2.05) is 0 Å². The zero-order valence-electron chi connectivity index (χ0n) is 6.53. The number of carbonyl (C=O) groups is 1. The van der Waals surface area contributed by atoms with Crippen molar-refractivity contribution in [3.63, 3.8) is 0 Å². The van der Waals surface area contributed by atoms with E-state index >= 15 is 0 Å². The molecular formula is C7H9IO4. The molecule has 0 N–H and O–H groups in total. The number of methoxy groups -OCH3 is 1. The lowest BCUT2D eigenvalue weighted by molar-refractivity contribution is -0.161. The summed E-state index contributed by atoms with van der Waals surface area (Å²) >= 11 is 2.08. The summed E-state index contributed by atoms with van der Waals surface area (Å²) in [6, 6.07) is 0. The second kappa shape index (κ2) is 3.21. The summed E-state index contributed by atoms with van der Waals surface area (Å²) in [5.74, 6) is -0.0174. The van der Waals surface area contributed by atoms with Crippen molar-refractivity contribution in [2.75, 3.05) is 13.7 Å². The van der Waals surface area contributed by atoms with E-state index in [9.17, 15) is 4.79 Å². The second-order valence-electron chi connectivity index (χ2n) is 2.84. The number of halogens is 1. The van der Waals surface area contributed by atoms with Gasteiger partial charge in [0, 0.05) is 7.11 Å². The SMILES string of the molecule is CO[C@@H]1C2CO[C@H](O2)C(=O)[C@@H]1I. The van der Waals surface area contributed by atoms with Gasteiger partial charge in [-0.25, -0.2) is 0 Å². The summed E-state index contributed by atoms with van der Waals surface area (Å²) in [6.07, 6.45) is -0.861. The number of hydrogen-bond acceptors (Lipinski definition) is 4. The van der Waals surface area contributed by atoms with Crippen molar-refractivity contribution in [2.45, 2.75) is 22.4 Å². The minimum absolute atomic E-state index is 0.0174. The lowest BCUT2D eigenvalue weighted by Crippen LogP contribution is -2.48. The van der Waals surface area contributed by atoms with Crippen LogP contribution in [-0.2, 0) is 19.0 Å². The number of Topliss-reactive ketones (excluding diaryl/α,β-unsaturated/α-hetero) is 1. The molecule has 2 aliphatic heterocycles. The van der Waals surface area contributed by atoms with Gasteiger partial charge in [-0.1, -0.05) is 22.6 Å². The number of ether oxygens (including phenoxy) is 3. The fourth-order valence-corrected chi connectivity index (χ4v) is 2.54. The normalized spacial score (nSPS) is 46.7. The van der Waals surface area contributed by atoms with Crippen LogP contribution in [0.1, 0.15) is 0 Å². The average molecular weight is 284 g/mol. The van der Waals surface area contributed by atoms with Crippen LogP contribution in [0.3, 0.4) is 0 Å². The molecular weight excluding hydrogens is 275 g/mol. The predicted molar refractivity (Wildman–Crippen MR) is 48.2 cm³/mol. The van der Waals surface area contributed by atoms with Gasteiger partial charge in [0.1, 0.15) is 16.1 Å². The maximum atomic E-state index is 11.4. The highest BCUT2D eigenvalue weighted by molar-refractivity contribution is 14.1. The van der Waals surface area contributed by atoms with E-state index < -0.39 is 6.29 Å². The maximum Gasteiger partial charge on any atom is 0.219 e. The topological polar surface area (TPSA) is 44.8 Å². The molecule has 5 heteroatoms. The highest BCUT2D eigenvalue weighted by Gasteiger charge is 2.49. The summed E-state index contributed by atoms with van der Waals surface area (Å²) in [5, 5.41) is 0. The molecule has 0 aromatic carbocycles. The Bertz CT molecular complexity index is 208. The summed E-state index contributed by atoms with van der Waals surface area (Å²) in [6.45, 7) is 0.467. The highest BCUT2D eigenvalue weighted by Crippen LogP contribution is 2.30. The molecule has 2 saturated heterocycles. The average Bonchev–Trinajstić information content (AvgIpc) is 2.49. The van der Waals surface area contributed by atoms with Gasteiger partial charge in [-0.2, -0.15) is 0 Å². The fraction of sp³-hybridized carbons (Fsp3) is 0.857. The Labute approximate surface area is 83.7 Å². The maximum absolute atomic E-state index is 11.4. The minimum atomic E-state index is -0.636. The molecule has 4 atom stereocenters. The fourth-order valence-electron chi connectivity index (χ4n) is 1.49. The van der Waals surface area contributed by atoms with Crippen LogP contribution in [0.25, 0.3) is 0 Å². The van der Waals surface area contributed by atoms with E-state index in [2.05, 4.69) is 22.6 Å². The molecule has 68 valence electrons. The van der Waals surface area contributed by atoms with Crippen LogP contribution in [0.15, 0.2) is 0 Å². The largest absolute Gasteiger partial charge is 0.377 e. The summed E-state index contributed by atoms with van der Waals surface area (Å²) < 4.78 is 15.4. The molecule has 2 bridgehead atoms. The Hall–Kier alpha value is 0.280. The molecule has 0 radical (unpaired) electrons. The molecule has 0 aromatic rings. The number of rotatable bonds is 1. The Morgan fingerprint density at radius 3 is 3.08 bits per heavy atom. The van der Waals surface area contributed by atoms with Crippen molar-refractivity contribution in [1.29, 1.82) is 0 Å². The van der Waals surface area contributed by atoms with E-state index in [-0.39, 0.29) is 21.9 Å². The molecule has 2 heterocycles. The smallest absolute Gasteiger partial charge is 0.219 e. The van der Waals surface area contributed by atoms with Gasteiger partial charge in [0.05, 0.1) is 6.61 Å². The number of hydrogen-bond donors (Lipinski definition) is 0. The van der Waals surface area contributed by atoms with Crippen LogP contribution < -0.4 is 0 Å². The number of carbonyl (C=O) groups excluding carboxylic acids is 1. The van der Waals surface area contributed by atoms with Gasteiger partial charge >= 0.3 is 0 Å². The van der Waals surface area contributed by atoms with E-state index in [1.165, 1.54) is 0 Å². The molecule has 0 aliphatic carbocycles. The summed E-state index contributed by atoms with van der Waals surface area (Å²) in [7, 11) is 1.59. The van der Waals surface area contributed by atoms with Crippen LogP contribution in [-0.4, -0.2) is 41.9 Å². The Balaban J connectivity index is 2.20. The summed E-state index contributed by atoms with van der Waals surface area (Å²) in [4.78, 5) is 11.4. The monoisotopic (exact) mass is 284 g/mol. The summed E-state index contributed by atoms with van der Waals surface area (Å²) in [5.41, 5.74) is 0. The molecule has 2 fully saturated rings. The van der Waals surface area contributed by atoms with Crippen molar-refractivity contribution in [1.82, 2.24) is 0 Å². The van der Waals surface area contributed by atoms with E-state index in [0.717, 1.165) is 0 Å². The third-order valence-electron chi connectivity index (χ3n) is 2.14. The first-order valence-corrected chi connectivity index (χ1v) is 4.96. The lowest BCUT2D eigenvalue weighted by atomic mass is 10.1. The van der Waals surface area contributed by atoms with Gasteiger partial charge in [0.2, 0.25) is 12.1 Å². The van der Waals surface area contributed by atoms with Crippen molar-refractivity contribution < 1.29 is 19.0 Å². The molecule has 0 amide bonds. The van der Waals surface area contributed by atoms with Gasteiger partial charge in [-0.15, -0.1) is 0 Å². The number of alkyl halides is 1. The van der Waals surface area contributed by atoms with Gasteiger partial charge in [-0.3, -0.25) is 4.79 Å². The molecule has 0 aromatic heterocycles. The Morgan fingerprint density at radius 1 is 1.67 bits per heavy atom. The van der Waals surface area contributed by atoms with Crippen LogP contribution in [0.2, 0.25) is 0 Å². The molecule has 2 rings (SSSR count). The lowest BCUT2D eigenvalue weighted by Gasteiger charge is -2.29. The molecule has 4 nitrogen and oxygen atoms in total. The Morgan fingerprint density at radius 2 is 2.42 bits per heavy atom. The van der Waals surface area contributed by atoms with Gasteiger partial charge in [0.25, 0.3) is 0 Å². The molecule has 12 heavy (non-hydrogen) atoms. The molecule has 0 spiro atoms.